The van der Waals surface area contributed by atoms with Gasteiger partial charge in [-0.1, -0.05) is 30.3 Å². The molecule has 0 aromatic heterocycles. The van der Waals surface area contributed by atoms with E-state index < -0.39 is 0 Å². The number of nitrogens with zero attached hydrogens (tertiary/aromatic N) is 2. The highest BCUT2D eigenvalue weighted by atomic mass is 16.5. The number of ether oxygens (including phenoxy) is 1. The van der Waals surface area contributed by atoms with Crippen molar-refractivity contribution in [2.45, 2.75) is 0 Å². The summed E-state index contributed by atoms with van der Waals surface area (Å²) in [5.74, 6) is 1.70. The van der Waals surface area contributed by atoms with Crippen molar-refractivity contribution in [1.29, 1.82) is 0 Å². The Morgan fingerprint density at radius 3 is 2.63 bits per heavy atom. The standard InChI is InChI=1S/C15H15N3O/c1-18-15(11-6-4-3-5-7-11)16-14-10-12(19-2)8-9-13(14)17-18/h3-10,17H,1-2H3. The summed E-state index contributed by atoms with van der Waals surface area (Å²) < 4.78 is 5.24. The molecule has 1 N–H and O–H groups in total. The Bertz CT molecular complexity index is 623. The molecule has 0 unspecified atom stereocenters. The minimum Gasteiger partial charge on any atom is -0.497 e. The van der Waals surface area contributed by atoms with Crippen LogP contribution in [0.1, 0.15) is 5.56 Å². The number of amidine groups is 1. The minimum atomic E-state index is 0.807. The van der Waals surface area contributed by atoms with Crippen molar-refractivity contribution in [3.8, 4) is 5.75 Å². The fraction of sp³-hybridized carbons (Fsp3) is 0.133. The number of aliphatic imine (C=N–C) groups is 1. The van der Waals surface area contributed by atoms with Crippen LogP contribution in [0.25, 0.3) is 0 Å². The molecule has 0 bridgehead atoms. The van der Waals surface area contributed by atoms with Gasteiger partial charge in [0.15, 0.2) is 5.84 Å². The second-order valence-electron chi connectivity index (χ2n) is 4.36. The van der Waals surface area contributed by atoms with E-state index in [1.54, 1.807) is 7.11 Å². The van der Waals surface area contributed by atoms with Gasteiger partial charge in [0.25, 0.3) is 0 Å². The molecule has 0 radical (unpaired) electrons. The van der Waals surface area contributed by atoms with Crippen LogP contribution in [0.3, 0.4) is 0 Å². The predicted octanol–water partition coefficient (Wildman–Crippen LogP) is 3.05. The van der Waals surface area contributed by atoms with Crippen molar-refractivity contribution in [2.24, 2.45) is 4.99 Å². The highest BCUT2D eigenvalue weighted by molar-refractivity contribution is 6.03. The Kier molecular flexibility index (Phi) is 2.83. The van der Waals surface area contributed by atoms with Crippen molar-refractivity contribution in [3.05, 3.63) is 54.1 Å². The van der Waals surface area contributed by atoms with Crippen LogP contribution in [-0.4, -0.2) is 25.0 Å². The summed E-state index contributed by atoms with van der Waals surface area (Å²) in [5, 5.41) is 1.92. The first-order valence-electron chi connectivity index (χ1n) is 6.10. The monoisotopic (exact) mass is 253 g/mol. The smallest absolute Gasteiger partial charge is 0.154 e. The maximum atomic E-state index is 5.24. The molecule has 0 saturated heterocycles. The van der Waals surface area contributed by atoms with Crippen LogP contribution in [0.5, 0.6) is 5.75 Å². The van der Waals surface area contributed by atoms with Crippen molar-refractivity contribution in [1.82, 2.24) is 5.01 Å². The van der Waals surface area contributed by atoms with Gasteiger partial charge in [0.1, 0.15) is 5.75 Å². The minimum absolute atomic E-state index is 0.807. The molecule has 4 nitrogen and oxygen atoms in total. The summed E-state index contributed by atoms with van der Waals surface area (Å²) in [5.41, 5.74) is 6.24. The van der Waals surface area contributed by atoms with Gasteiger partial charge in [-0.15, -0.1) is 0 Å². The van der Waals surface area contributed by atoms with Crippen LogP contribution in [-0.2, 0) is 0 Å². The lowest BCUT2D eigenvalue weighted by atomic mass is 10.2. The molecule has 1 aliphatic rings. The number of nitrogens with one attached hydrogen (secondary N) is 1. The number of benzene rings is 2. The Morgan fingerprint density at radius 2 is 1.89 bits per heavy atom. The maximum absolute atomic E-state index is 5.24. The third-order valence-electron chi connectivity index (χ3n) is 3.07. The fourth-order valence-corrected chi connectivity index (χ4v) is 2.09. The van der Waals surface area contributed by atoms with E-state index in [9.17, 15) is 0 Å². The first kappa shape index (κ1) is 11.6. The van der Waals surface area contributed by atoms with Gasteiger partial charge >= 0.3 is 0 Å². The maximum Gasteiger partial charge on any atom is 0.154 e. The highest BCUT2D eigenvalue weighted by Gasteiger charge is 2.17. The van der Waals surface area contributed by atoms with Crippen molar-refractivity contribution < 1.29 is 4.74 Å². The molecule has 2 aromatic carbocycles. The molecule has 0 aliphatic carbocycles. The molecule has 3 rings (SSSR count). The van der Waals surface area contributed by atoms with Crippen LogP contribution >= 0.6 is 0 Å². The van der Waals surface area contributed by atoms with Crippen molar-refractivity contribution in [3.63, 3.8) is 0 Å². The quantitative estimate of drug-likeness (QED) is 0.893. The third-order valence-corrected chi connectivity index (χ3v) is 3.07. The van der Waals surface area contributed by atoms with Gasteiger partial charge in [-0.2, -0.15) is 0 Å². The third kappa shape index (κ3) is 2.12. The van der Waals surface area contributed by atoms with E-state index >= 15 is 0 Å². The second kappa shape index (κ2) is 4.65. The van der Waals surface area contributed by atoms with Crippen LogP contribution in [0.2, 0.25) is 0 Å². The topological polar surface area (TPSA) is 36.9 Å². The summed E-state index contributed by atoms with van der Waals surface area (Å²) in [6, 6.07) is 15.9. The summed E-state index contributed by atoms with van der Waals surface area (Å²) in [4.78, 5) is 4.71. The van der Waals surface area contributed by atoms with E-state index in [0.717, 1.165) is 28.5 Å². The average molecular weight is 253 g/mol. The first-order valence-corrected chi connectivity index (χ1v) is 6.10. The molecule has 1 aliphatic heterocycles. The largest absolute Gasteiger partial charge is 0.497 e. The first-order chi connectivity index (χ1) is 9.28. The Balaban J connectivity index is 2.08. The lowest BCUT2D eigenvalue weighted by Crippen LogP contribution is -2.35. The molecule has 0 spiro atoms. The summed E-state index contributed by atoms with van der Waals surface area (Å²) in [7, 11) is 3.62. The Morgan fingerprint density at radius 1 is 1.11 bits per heavy atom. The Labute approximate surface area is 112 Å². The zero-order valence-corrected chi connectivity index (χ0v) is 10.9. The van der Waals surface area contributed by atoms with Crippen LogP contribution in [0.4, 0.5) is 11.4 Å². The molecule has 2 aromatic rings. The average Bonchev–Trinajstić information content (AvgIpc) is 2.47. The lowest BCUT2D eigenvalue weighted by Gasteiger charge is -2.28. The molecule has 1 heterocycles. The van der Waals surface area contributed by atoms with Crippen LogP contribution in [0, 0.1) is 0 Å². The molecule has 0 fully saturated rings. The van der Waals surface area contributed by atoms with Gasteiger partial charge in [0.05, 0.1) is 18.5 Å². The van der Waals surface area contributed by atoms with Crippen LogP contribution < -0.4 is 10.2 Å². The number of fused-ring (bicyclic) bond motifs is 1. The van der Waals surface area contributed by atoms with E-state index in [1.807, 2.05) is 60.6 Å². The predicted molar refractivity (Wildman–Crippen MR) is 77.0 cm³/mol. The number of methoxy groups -OCH3 is 1. The van der Waals surface area contributed by atoms with Crippen molar-refractivity contribution in [2.75, 3.05) is 19.6 Å². The van der Waals surface area contributed by atoms with Gasteiger partial charge in [-0.25, -0.2) is 4.99 Å². The van der Waals surface area contributed by atoms with E-state index in [-0.39, 0.29) is 0 Å². The molecular weight excluding hydrogens is 238 g/mol. The molecule has 96 valence electrons. The molecular formula is C15H15N3O. The summed E-state index contributed by atoms with van der Waals surface area (Å²) in [6.07, 6.45) is 0. The molecule has 0 amide bonds. The van der Waals surface area contributed by atoms with E-state index in [2.05, 4.69) is 5.43 Å². The molecule has 0 atom stereocenters. The normalized spacial score (nSPS) is 13.4. The van der Waals surface area contributed by atoms with Gasteiger partial charge < -0.3 is 4.74 Å². The zero-order valence-electron chi connectivity index (χ0n) is 10.9. The number of hydrazine groups is 1. The second-order valence-corrected chi connectivity index (χ2v) is 4.36. The van der Waals surface area contributed by atoms with Crippen molar-refractivity contribution >= 4 is 17.2 Å². The highest BCUT2D eigenvalue weighted by Crippen LogP contribution is 2.33. The van der Waals surface area contributed by atoms with E-state index in [0.29, 0.717) is 0 Å². The molecule has 19 heavy (non-hydrogen) atoms. The SMILES string of the molecule is COc1ccc2c(c1)N=C(c1ccccc1)N(C)N2. The van der Waals surface area contributed by atoms with E-state index in [4.69, 9.17) is 9.73 Å². The summed E-state index contributed by atoms with van der Waals surface area (Å²) in [6.45, 7) is 0. The Hall–Kier alpha value is -2.49. The molecule has 0 saturated carbocycles. The number of rotatable bonds is 2. The lowest BCUT2D eigenvalue weighted by molar-refractivity contribution is 0.415. The number of hydrogen-bond donors (Lipinski definition) is 1. The van der Waals surface area contributed by atoms with Gasteiger partial charge in [-0.3, -0.25) is 10.4 Å². The summed E-state index contributed by atoms with van der Waals surface area (Å²) >= 11 is 0. The zero-order chi connectivity index (χ0) is 13.2. The number of anilines is 1. The van der Waals surface area contributed by atoms with Crippen LogP contribution in [0.15, 0.2) is 53.5 Å². The van der Waals surface area contributed by atoms with Gasteiger partial charge in [-0.05, 0) is 12.1 Å². The molecule has 4 heteroatoms. The van der Waals surface area contributed by atoms with Gasteiger partial charge in [0.2, 0.25) is 0 Å². The number of hydrogen-bond acceptors (Lipinski definition) is 4. The fourth-order valence-electron chi connectivity index (χ4n) is 2.09. The van der Waals surface area contributed by atoms with E-state index in [1.165, 1.54) is 0 Å². The van der Waals surface area contributed by atoms with Gasteiger partial charge in [0, 0.05) is 18.7 Å².